The number of hydrazone groups is 1. The van der Waals surface area contributed by atoms with E-state index in [0.29, 0.717) is 23.3 Å². The molecule has 2 fully saturated rings. The van der Waals surface area contributed by atoms with Crippen molar-refractivity contribution in [1.29, 1.82) is 0 Å². The molecule has 8 heteroatoms. The topological polar surface area (TPSA) is 75.6 Å². The van der Waals surface area contributed by atoms with Gasteiger partial charge in [-0.1, -0.05) is 12.1 Å². The molecular formula is C27H34N4O4. The van der Waals surface area contributed by atoms with Crippen LogP contribution in [0.3, 0.4) is 0 Å². The summed E-state index contributed by atoms with van der Waals surface area (Å²) in [7, 11) is 4.89. The summed E-state index contributed by atoms with van der Waals surface area (Å²) in [6.45, 7) is 5.92. The molecule has 0 saturated carbocycles. The van der Waals surface area contributed by atoms with E-state index in [9.17, 15) is 4.79 Å². The smallest absolute Gasteiger partial charge is 0.337 e. The van der Waals surface area contributed by atoms with E-state index in [1.165, 1.54) is 23.5 Å². The van der Waals surface area contributed by atoms with Crippen LogP contribution in [-0.4, -0.2) is 70.4 Å². The fourth-order valence-electron chi connectivity index (χ4n) is 5.30. The summed E-state index contributed by atoms with van der Waals surface area (Å²) in [5, 5.41) is 9.12. The summed E-state index contributed by atoms with van der Waals surface area (Å²) in [5.74, 6) is 1.31. The predicted molar refractivity (Wildman–Crippen MR) is 136 cm³/mol. The molecule has 186 valence electrons. The molecule has 35 heavy (non-hydrogen) atoms. The molecule has 2 saturated heterocycles. The Kier molecular flexibility index (Phi) is 6.32. The fraction of sp³-hybridized carbons (Fsp3) is 0.481. The zero-order valence-corrected chi connectivity index (χ0v) is 21.0. The van der Waals surface area contributed by atoms with Gasteiger partial charge in [-0.2, -0.15) is 5.10 Å². The summed E-state index contributed by atoms with van der Waals surface area (Å²) in [6.07, 6.45) is 3.00. The van der Waals surface area contributed by atoms with Gasteiger partial charge < -0.3 is 24.4 Å². The molecule has 0 aliphatic carbocycles. The van der Waals surface area contributed by atoms with Crippen molar-refractivity contribution in [3.8, 4) is 11.5 Å². The number of amides is 2. The summed E-state index contributed by atoms with van der Waals surface area (Å²) >= 11 is 0. The number of carbonyl (C=O) groups is 1. The molecule has 1 N–H and O–H groups in total. The molecule has 0 bridgehead atoms. The second kappa shape index (κ2) is 9.41. The van der Waals surface area contributed by atoms with Gasteiger partial charge in [0.25, 0.3) is 0 Å². The van der Waals surface area contributed by atoms with Crippen molar-refractivity contribution in [2.45, 2.75) is 32.2 Å². The van der Waals surface area contributed by atoms with Crippen LogP contribution in [-0.2, 0) is 11.2 Å². The van der Waals surface area contributed by atoms with Gasteiger partial charge in [-0.15, -0.1) is 0 Å². The van der Waals surface area contributed by atoms with E-state index in [1.807, 2.05) is 19.1 Å². The van der Waals surface area contributed by atoms with Crippen molar-refractivity contribution in [1.82, 2.24) is 10.3 Å². The van der Waals surface area contributed by atoms with Crippen molar-refractivity contribution in [2.24, 2.45) is 10.5 Å². The molecule has 1 atom stereocenters. The number of nitrogens with zero attached hydrogens (tertiary/aromatic N) is 3. The zero-order chi connectivity index (χ0) is 24.6. The zero-order valence-electron chi connectivity index (χ0n) is 21.0. The number of rotatable bonds is 4. The SMILES string of the molecule is CNC(=O)N1N=C(c2ccc(N3CCC4(CC3)COC4)cc2)c2cc(OC)c(OC)cc2CC1C. The molecule has 0 aromatic heterocycles. The van der Waals surface area contributed by atoms with Gasteiger partial charge in [-0.3, -0.25) is 0 Å². The summed E-state index contributed by atoms with van der Waals surface area (Å²) in [5.41, 5.74) is 5.32. The maximum atomic E-state index is 12.7. The Morgan fingerprint density at radius 2 is 1.74 bits per heavy atom. The first-order valence-corrected chi connectivity index (χ1v) is 12.2. The quantitative estimate of drug-likeness (QED) is 0.726. The van der Waals surface area contributed by atoms with E-state index in [-0.39, 0.29) is 12.1 Å². The lowest BCUT2D eigenvalue weighted by atomic mass is 9.77. The number of methoxy groups -OCH3 is 2. The van der Waals surface area contributed by atoms with Crippen LogP contribution in [0.4, 0.5) is 10.5 Å². The number of anilines is 1. The molecule has 3 heterocycles. The highest BCUT2D eigenvalue weighted by Gasteiger charge is 2.41. The number of benzene rings is 2. The highest BCUT2D eigenvalue weighted by Crippen LogP contribution is 2.40. The van der Waals surface area contributed by atoms with Gasteiger partial charge in [-0.25, -0.2) is 9.80 Å². The Bertz CT molecular complexity index is 1120. The van der Waals surface area contributed by atoms with Crippen LogP contribution in [0.15, 0.2) is 41.5 Å². The van der Waals surface area contributed by atoms with E-state index in [2.05, 4.69) is 34.5 Å². The molecule has 2 aromatic rings. The van der Waals surface area contributed by atoms with Crippen LogP contribution >= 0.6 is 0 Å². The van der Waals surface area contributed by atoms with Gasteiger partial charge in [0.2, 0.25) is 0 Å². The Hall–Kier alpha value is -3.26. The van der Waals surface area contributed by atoms with E-state index < -0.39 is 0 Å². The second-order valence-corrected chi connectivity index (χ2v) is 9.79. The molecule has 5 rings (SSSR count). The predicted octanol–water partition coefficient (Wildman–Crippen LogP) is 3.66. The number of hydrogen-bond donors (Lipinski definition) is 1. The number of carbonyl (C=O) groups excluding carboxylic acids is 1. The van der Waals surface area contributed by atoms with E-state index in [4.69, 9.17) is 19.3 Å². The van der Waals surface area contributed by atoms with Crippen LogP contribution in [0.25, 0.3) is 0 Å². The molecule has 0 radical (unpaired) electrons. The highest BCUT2D eigenvalue weighted by molar-refractivity contribution is 6.14. The van der Waals surface area contributed by atoms with Gasteiger partial charge in [-0.05, 0) is 56.0 Å². The minimum Gasteiger partial charge on any atom is -0.493 e. The van der Waals surface area contributed by atoms with Crippen LogP contribution in [0.2, 0.25) is 0 Å². The van der Waals surface area contributed by atoms with Crippen molar-refractivity contribution in [3.05, 3.63) is 53.1 Å². The van der Waals surface area contributed by atoms with Crippen molar-refractivity contribution < 1.29 is 19.0 Å². The van der Waals surface area contributed by atoms with Crippen molar-refractivity contribution in [2.75, 3.05) is 52.5 Å². The average Bonchev–Trinajstić information content (AvgIpc) is 3.02. The monoisotopic (exact) mass is 478 g/mol. The van der Waals surface area contributed by atoms with Crippen LogP contribution in [0.5, 0.6) is 11.5 Å². The van der Waals surface area contributed by atoms with Crippen LogP contribution < -0.4 is 19.7 Å². The van der Waals surface area contributed by atoms with Gasteiger partial charge in [0.1, 0.15) is 0 Å². The number of piperidine rings is 1. The maximum Gasteiger partial charge on any atom is 0.337 e. The normalized spacial score (nSPS) is 20.9. The summed E-state index contributed by atoms with van der Waals surface area (Å²) < 4.78 is 16.6. The fourth-order valence-corrected chi connectivity index (χ4v) is 5.30. The third-order valence-electron chi connectivity index (χ3n) is 7.57. The first-order valence-electron chi connectivity index (χ1n) is 12.2. The molecule has 2 aromatic carbocycles. The Balaban J connectivity index is 1.50. The first kappa shape index (κ1) is 23.5. The Morgan fingerprint density at radius 3 is 2.31 bits per heavy atom. The van der Waals surface area contributed by atoms with Crippen molar-refractivity contribution in [3.63, 3.8) is 0 Å². The third-order valence-corrected chi connectivity index (χ3v) is 7.57. The molecule has 1 spiro atoms. The van der Waals surface area contributed by atoms with Gasteiger partial charge in [0, 0.05) is 42.4 Å². The lowest BCUT2D eigenvalue weighted by Gasteiger charge is -2.47. The molecule has 8 nitrogen and oxygen atoms in total. The van der Waals surface area contributed by atoms with Gasteiger partial charge >= 0.3 is 6.03 Å². The number of nitrogens with one attached hydrogen (secondary N) is 1. The highest BCUT2D eigenvalue weighted by atomic mass is 16.5. The Labute approximate surface area is 206 Å². The van der Waals surface area contributed by atoms with Gasteiger partial charge in [0.05, 0.1) is 39.2 Å². The summed E-state index contributed by atoms with van der Waals surface area (Å²) in [6, 6.07) is 12.1. The average molecular weight is 479 g/mol. The lowest BCUT2D eigenvalue weighted by molar-refractivity contribution is -0.124. The minimum absolute atomic E-state index is 0.125. The molecule has 2 amide bonds. The minimum atomic E-state index is -0.236. The maximum absolute atomic E-state index is 12.7. The van der Waals surface area contributed by atoms with E-state index in [1.54, 1.807) is 21.3 Å². The molecule has 1 unspecified atom stereocenters. The van der Waals surface area contributed by atoms with Gasteiger partial charge in [0.15, 0.2) is 11.5 Å². The molecular weight excluding hydrogens is 444 g/mol. The number of hydrogen-bond acceptors (Lipinski definition) is 6. The lowest BCUT2D eigenvalue weighted by Crippen LogP contribution is -2.50. The van der Waals surface area contributed by atoms with Crippen LogP contribution in [0, 0.1) is 5.41 Å². The van der Waals surface area contributed by atoms with E-state index in [0.717, 1.165) is 48.7 Å². The van der Waals surface area contributed by atoms with E-state index >= 15 is 0 Å². The largest absolute Gasteiger partial charge is 0.493 e. The molecule has 3 aliphatic rings. The summed E-state index contributed by atoms with van der Waals surface area (Å²) in [4.78, 5) is 15.1. The third kappa shape index (κ3) is 4.31. The molecule has 3 aliphatic heterocycles. The number of ether oxygens (including phenoxy) is 3. The number of urea groups is 1. The first-order chi connectivity index (χ1) is 17.0. The number of fused-ring (bicyclic) bond motifs is 1. The standard InChI is InChI=1S/C27H34N4O4/c1-18-13-20-14-23(33-3)24(34-4)15-22(20)25(29-31(18)26(32)28-2)19-5-7-21(8-6-19)30-11-9-27(10-12-30)16-35-17-27/h5-8,14-15,18H,9-13,16-17H2,1-4H3,(H,28,32). The van der Waals surface area contributed by atoms with Crippen LogP contribution in [0.1, 0.15) is 36.5 Å². The van der Waals surface area contributed by atoms with Crippen molar-refractivity contribution >= 4 is 17.4 Å². The second-order valence-electron chi connectivity index (χ2n) is 9.79. The Morgan fingerprint density at radius 1 is 1.09 bits per heavy atom.